The molecule has 0 saturated carbocycles. The Morgan fingerprint density at radius 3 is 2.48 bits per heavy atom. The first kappa shape index (κ1) is 15.5. The predicted octanol–water partition coefficient (Wildman–Crippen LogP) is 1.84. The lowest BCUT2D eigenvalue weighted by Gasteiger charge is -2.24. The van der Waals surface area contributed by atoms with Crippen LogP contribution >= 0.6 is 0 Å². The van der Waals surface area contributed by atoms with E-state index >= 15 is 0 Å². The van der Waals surface area contributed by atoms with Gasteiger partial charge in [-0.25, -0.2) is 0 Å². The van der Waals surface area contributed by atoms with E-state index in [1.54, 1.807) is 30.3 Å². The molecule has 1 aliphatic heterocycles. The minimum atomic E-state index is -4.62. The number of halogens is 3. The SMILES string of the molecule is O=CCC1NC(=O)C(OCc2ccccc2)C1C(F)(F)F. The molecule has 1 fully saturated rings. The Balaban J connectivity index is 2.11. The first-order valence-corrected chi connectivity index (χ1v) is 6.39. The van der Waals surface area contributed by atoms with Crippen LogP contribution in [0.25, 0.3) is 0 Å². The van der Waals surface area contributed by atoms with Gasteiger partial charge >= 0.3 is 6.18 Å². The van der Waals surface area contributed by atoms with Crippen LogP contribution in [-0.4, -0.2) is 30.5 Å². The van der Waals surface area contributed by atoms with Crippen molar-refractivity contribution < 1.29 is 27.5 Å². The molecule has 114 valence electrons. The molecule has 1 heterocycles. The van der Waals surface area contributed by atoms with Gasteiger partial charge in [-0.05, 0) is 5.56 Å². The summed E-state index contributed by atoms with van der Waals surface area (Å²) in [6, 6.07) is 7.34. The minimum absolute atomic E-state index is 0.0979. The number of benzene rings is 1. The number of rotatable bonds is 5. The van der Waals surface area contributed by atoms with Gasteiger partial charge in [-0.15, -0.1) is 0 Å². The van der Waals surface area contributed by atoms with Gasteiger partial charge in [0.05, 0.1) is 12.6 Å². The molecule has 1 aliphatic rings. The summed E-state index contributed by atoms with van der Waals surface area (Å²) in [6.07, 6.45) is -6.27. The summed E-state index contributed by atoms with van der Waals surface area (Å²) in [5.41, 5.74) is 0.671. The summed E-state index contributed by atoms with van der Waals surface area (Å²) in [5, 5.41) is 2.18. The average Bonchev–Trinajstić information content (AvgIpc) is 2.74. The van der Waals surface area contributed by atoms with Crippen LogP contribution in [0.2, 0.25) is 0 Å². The number of amides is 1. The van der Waals surface area contributed by atoms with E-state index in [4.69, 9.17) is 4.74 Å². The van der Waals surface area contributed by atoms with Crippen LogP contribution in [-0.2, 0) is 20.9 Å². The molecule has 3 atom stereocenters. The van der Waals surface area contributed by atoms with Crippen molar-refractivity contribution in [3.8, 4) is 0 Å². The Hall–Kier alpha value is -1.89. The molecule has 3 unspecified atom stereocenters. The first-order chi connectivity index (χ1) is 9.93. The summed E-state index contributed by atoms with van der Waals surface area (Å²) in [5.74, 6) is -2.85. The van der Waals surface area contributed by atoms with E-state index in [1.165, 1.54) is 0 Å². The molecular formula is C14H14F3NO3. The second-order valence-electron chi connectivity index (χ2n) is 4.80. The predicted molar refractivity (Wildman–Crippen MR) is 67.2 cm³/mol. The lowest BCUT2D eigenvalue weighted by atomic mass is 9.95. The van der Waals surface area contributed by atoms with Crippen LogP contribution in [0.15, 0.2) is 30.3 Å². The largest absolute Gasteiger partial charge is 0.396 e. The maximum atomic E-state index is 13.1. The molecule has 2 rings (SSSR count). The normalized spacial score (nSPS) is 25.7. The van der Waals surface area contributed by atoms with Crippen molar-refractivity contribution in [1.29, 1.82) is 0 Å². The number of hydrogen-bond acceptors (Lipinski definition) is 3. The monoisotopic (exact) mass is 301 g/mol. The summed E-state index contributed by atoms with van der Waals surface area (Å²) in [7, 11) is 0. The Morgan fingerprint density at radius 1 is 1.24 bits per heavy atom. The number of carbonyl (C=O) groups excluding carboxylic acids is 2. The molecule has 0 aromatic heterocycles. The lowest BCUT2D eigenvalue weighted by Crippen LogP contribution is -2.40. The second kappa shape index (κ2) is 6.26. The van der Waals surface area contributed by atoms with Crippen LogP contribution in [0.4, 0.5) is 13.2 Å². The van der Waals surface area contributed by atoms with Gasteiger partial charge in [0.15, 0.2) is 0 Å². The van der Waals surface area contributed by atoms with Crippen molar-refractivity contribution in [2.75, 3.05) is 0 Å². The molecule has 4 nitrogen and oxygen atoms in total. The molecule has 21 heavy (non-hydrogen) atoms. The minimum Gasteiger partial charge on any atom is -0.363 e. The van der Waals surface area contributed by atoms with Gasteiger partial charge < -0.3 is 14.8 Å². The maximum Gasteiger partial charge on any atom is 0.396 e. The highest BCUT2D eigenvalue weighted by Gasteiger charge is 2.57. The average molecular weight is 301 g/mol. The first-order valence-electron chi connectivity index (χ1n) is 6.39. The molecule has 0 bridgehead atoms. The van der Waals surface area contributed by atoms with Crippen molar-refractivity contribution in [2.24, 2.45) is 5.92 Å². The number of alkyl halides is 3. The van der Waals surface area contributed by atoms with Gasteiger partial charge in [0.2, 0.25) is 5.91 Å². The van der Waals surface area contributed by atoms with E-state index in [0.29, 0.717) is 11.8 Å². The zero-order chi connectivity index (χ0) is 15.5. The van der Waals surface area contributed by atoms with E-state index in [2.05, 4.69) is 5.32 Å². The maximum absolute atomic E-state index is 13.1. The molecule has 0 aliphatic carbocycles. The van der Waals surface area contributed by atoms with E-state index in [-0.39, 0.29) is 13.0 Å². The van der Waals surface area contributed by atoms with Gasteiger partial charge in [-0.3, -0.25) is 4.79 Å². The molecule has 7 heteroatoms. The second-order valence-corrected chi connectivity index (χ2v) is 4.80. The Kier molecular flexibility index (Phi) is 4.62. The van der Waals surface area contributed by atoms with Gasteiger partial charge in [-0.2, -0.15) is 13.2 Å². The fourth-order valence-corrected chi connectivity index (χ4v) is 2.38. The van der Waals surface area contributed by atoms with Crippen molar-refractivity contribution in [3.05, 3.63) is 35.9 Å². The van der Waals surface area contributed by atoms with E-state index in [0.717, 1.165) is 0 Å². The van der Waals surface area contributed by atoms with Crippen molar-refractivity contribution in [2.45, 2.75) is 31.3 Å². The van der Waals surface area contributed by atoms with Crippen LogP contribution in [0.3, 0.4) is 0 Å². The highest BCUT2D eigenvalue weighted by molar-refractivity contribution is 5.84. The van der Waals surface area contributed by atoms with Crippen LogP contribution in [0, 0.1) is 5.92 Å². The molecule has 1 N–H and O–H groups in total. The number of ether oxygens (including phenoxy) is 1. The number of hydrogen-bond donors (Lipinski definition) is 1. The smallest absolute Gasteiger partial charge is 0.363 e. The Morgan fingerprint density at radius 2 is 1.90 bits per heavy atom. The summed E-state index contributed by atoms with van der Waals surface area (Å²) in [4.78, 5) is 22.2. The zero-order valence-electron chi connectivity index (χ0n) is 11.0. The molecule has 0 radical (unpaired) electrons. The highest BCUT2D eigenvalue weighted by Crippen LogP contribution is 2.37. The van der Waals surface area contributed by atoms with Crippen molar-refractivity contribution in [1.82, 2.24) is 5.32 Å². The van der Waals surface area contributed by atoms with Gasteiger partial charge in [0.1, 0.15) is 18.3 Å². The Labute approximate surface area is 119 Å². The molecule has 1 amide bonds. The van der Waals surface area contributed by atoms with Crippen LogP contribution in [0.5, 0.6) is 0 Å². The number of nitrogens with one attached hydrogen (secondary N) is 1. The van der Waals surface area contributed by atoms with Gasteiger partial charge in [0, 0.05) is 6.42 Å². The zero-order valence-corrected chi connectivity index (χ0v) is 11.0. The number of carbonyl (C=O) groups is 2. The van der Waals surface area contributed by atoms with Crippen molar-refractivity contribution in [3.63, 3.8) is 0 Å². The summed E-state index contributed by atoms with van der Waals surface area (Å²) < 4.78 is 44.5. The fourth-order valence-electron chi connectivity index (χ4n) is 2.38. The molecular weight excluding hydrogens is 287 g/mol. The van der Waals surface area contributed by atoms with Gasteiger partial charge in [0.25, 0.3) is 0 Å². The molecule has 1 aromatic rings. The van der Waals surface area contributed by atoms with Crippen LogP contribution < -0.4 is 5.32 Å². The summed E-state index contributed by atoms with van der Waals surface area (Å²) >= 11 is 0. The van der Waals surface area contributed by atoms with Crippen molar-refractivity contribution >= 4 is 12.2 Å². The summed E-state index contributed by atoms with van der Waals surface area (Å²) in [6.45, 7) is -0.0979. The van der Waals surface area contributed by atoms with E-state index in [9.17, 15) is 22.8 Å². The van der Waals surface area contributed by atoms with Crippen LogP contribution in [0.1, 0.15) is 12.0 Å². The Bertz CT molecular complexity index is 504. The topological polar surface area (TPSA) is 55.4 Å². The van der Waals surface area contributed by atoms with Gasteiger partial charge in [-0.1, -0.05) is 30.3 Å². The quantitative estimate of drug-likeness (QED) is 0.844. The van der Waals surface area contributed by atoms with E-state index in [1.807, 2.05) is 0 Å². The highest BCUT2D eigenvalue weighted by atomic mass is 19.4. The third-order valence-corrected chi connectivity index (χ3v) is 3.35. The number of aldehydes is 1. The molecule has 0 spiro atoms. The molecule has 1 aromatic carbocycles. The third-order valence-electron chi connectivity index (χ3n) is 3.35. The third kappa shape index (κ3) is 3.60. The fraction of sp³-hybridized carbons (Fsp3) is 0.429. The lowest BCUT2D eigenvalue weighted by molar-refractivity contribution is -0.205. The standard InChI is InChI=1S/C14H14F3NO3/c15-14(16,17)11-10(6-7-19)18-13(20)12(11)21-8-9-4-2-1-3-5-9/h1-5,7,10-12H,6,8H2,(H,18,20). The molecule has 1 saturated heterocycles. The van der Waals surface area contributed by atoms with E-state index < -0.39 is 30.1 Å².